The fourth-order valence-electron chi connectivity index (χ4n) is 2.88. The van der Waals surface area contributed by atoms with Gasteiger partial charge < -0.3 is 15.5 Å². The highest BCUT2D eigenvalue weighted by molar-refractivity contribution is 7.09. The minimum atomic E-state index is 0.530. The van der Waals surface area contributed by atoms with Gasteiger partial charge in [0.15, 0.2) is 5.96 Å². The third kappa shape index (κ3) is 5.77. The van der Waals surface area contributed by atoms with Crippen molar-refractivity contribution in [2.24, 2.45) is 4.99 Å². The van der Waals surface area contributed by atoms with E-state index in [1.165, 1.54) is 36.6 Å². The molecule has 2 rings (SSSR count). The van der Waals surface area contributed by atoms with E-state index in [1.807, 2.05) is 7.05 Å². The van der Waals surface area contributed by atoms with Gasteiger partial charge in [-0.1, -0.05) is 6.92 Å². The molecule has 0 aliphatic carbocycles. The summed E-state index contributed by atoms with van der Waals surface area (Å²) in [6, 6.07) is 1.18. The maximum Gasteiger partial charge on any atom is 0.191 e. The van der Waals surface area contributed by atoms with Crippen LogP contribution < -0.4 is 10.6 Å². The SMILES string of the molecule is CCc1nc(CCNC(=NC)NC2CCN(C(C)C)CC2)cs1. The lowest BCUT2D eigenvalue weighted by atomic mass is 10.0. The van der Waals surface area contributed by atoms with Gasteiger partial charge in [-0.15, -0.1) is 11.3 Å². The molecule has 0 atom stereocenters. The third-order valence-electron chi connectivity index (χ3n) is 4.40. The van der Waals surface area contributed by atoms with Gasteiger partial charge in [0.1, 0.15) is 0 Å². The van der Waals surface area contributed by atoms with Crippen LogP contribution in [0.5, 0.6) is 0 Å². The first-order valence-corrected chi connectivity index (χ1v) is 9.64. The van der Waals surface area contributed by atoms with Crippen LogP contribution >= 0.6 is 11.3 Å². The van der Waals surface area contributed by atoms with Crippen molar-refractivity contribution in [2.75, 3.05) is 26.7 Å². The molecule has 2 N–H and O–H groups in total. The molecule has 0 unspecified atom stereocenters. The van der Waals surface area contributed by atoms with E-state index in [9.17, 15) is 0 Å². The molecule has 1 aromatic heterocycles. The fourth-order valence-corrected chi connectivity index (χ4v) is 3.66. The van der Waals surface area contributed by atoms with Gasteiger partial charge in [0, 0.05) is 50.6 Å². The summed E-state index contributed by atoms with van der Waals surface area (Å²) in [6.45, 7) is 9.91. The number of piperidine rings is 1. The van der Waals surface area contributed by atoms with Gasteiger partial charge in [0.05, 0.1) is 10.7 Å². The number of nitrogens with one attached hydrogen (secondary N) is 2. The normalized spacial score (nSPS) is 17.7. The van der Waals surface area contributed by atoms with Gasteiger partial charge in [0.2, 0.25) is 0 Å². The molecular weight excluding hydrogens is 306 g/mol. The summed E-state index contributed by atoms with van der Waals surface area (Å²) in [5, 5.41) is 10.4. The molecular formula is C17H31N5S. The number of thiazole rings is 1. The predicted octanol–water partition coefficient (Wildman–Crippen LogP) is 2.29. The number of nitrogens with zero attached hydrogens (tertiary/aromatic N) is 3. The average molecular weight is 338 g/mol. The van der Waals surface area contributed by atoms with Crippen molar-refractivity contribution in [3.05, 3.63) is 16.1 Å². The lowest BCUT2D eigenvalue weighted by Gasteiger charge is -2.35. The Hall–Kier alpha value is -1.14. The van der Waals surface area contributed by atoms with Crippen molar-refractivity contribution < 1.29 is 0 Å². The summed E-state index contributed by atoms with van der Waals surface area (Å²) < 4.78 is 0. The van der Waals surface area contributed by atoms with E-state index >= 15 is 0 Å². The molecule has 0 radical (unpaired) electrons. The van der Waals surface area contributed by atoms with Gasteiger partial charge in [-0.05, 0) is 33.1 Å². The Balaban J connectivity index is 1.69. The van der Waals surface area contributed by atoms with Gasteiger partial charge >= 0.3 is 0 Å². The molecule has 1 fully saturated rings. The zero-order chi connectivity index (χ0) is 16.7. The molecule has 0 amide bonds. The number of rotatable bonds is 6. The van der Waals surface area contributed by atoms with E-state index in [0.29, 0.717) is 12.1 Å². The summed E-state index contributed by atoms with van der Waals surface area (Å²) >= 11 is 1.76. The standard InChI is InChI=1S/C17H31N5S/c1-5-16-20-15(12-23-16)6-9-19-17(18-4)21-14-7-10-22(11-8-14)13(2)3/h12-14H,5-11H2,1-4H3,(H2,18,19,21). The molecule has 0 aromatic carbocycles. The molecule has 5 nitrogen and oxygen atoms in total. The van der Waals surface area contributed by atoms with Crippen LogP contribution in [0.4, 0.5) is 0 Å². The minimum absolute atomic E-state index is 0.530. The number of hydrogen-bond donors (Lipinski definition) is 2. The van der Waals surface area contributed by atoms with Crippen molar-refractivity contribution in [3.63, 3.8) is 0 Å². The summed E-state index contributed by atoms with van der Waals surface area (Å²) in [4.78, 5) is 11.5. The first-order valence-electron chi connectivity index (χ1n) is 8.76. The van der Waals surface area contributed by atoms with Crippen molar-refractivity contribution in [1.82, 2.24) is 20.5 Å². The summed E-state index contributed by atoms with van der Waals surface area (Å²) in [6.07, 6.45) is 4.34. The van der Waals surface area contributed by atoms with E-state index in [-0.39, 0.29) is 0 Å². The van der Waals surface area contributed by atoms with Crippen LogP contribution in [-0.2, 0) is 12.8 Å². The Morgan fingerprint density at radius 1 is 1.43 bits per heavy atom. The predicted molar refractivity (Wildman–Crippen MR) is 99.4 cm³/mol. The number of likely N-dealkylation sites (tertiary alicyclic amines) is 1. The number of guanidine groups is 1. The van der Waals surface area contributed by atoms with Gasteiger partial charge in [0.25, 0.3) is 0 Å². The van der Waals surface area contributed by atoms with E-state index in [1.54, 1.807) is 11.3 Å². The lowest BCUT2D eigenvalue weighted by molar-refractivity contribution is 0.167. The Bertz CT molecular complexity index is 489. The highest BCUT2D eigenvalue weighted by Crippen LogP contribution is 2.13. The van der Waals surface area contributed by atoms with Crippen molar-refractivity contribution in [3.8, 4) is 0 Å². The maximum atomic E-state index is 4.60. The van der Waals surface area contributed by atoms with Gasteiger partial charge in [-0.25, -0.2) is 4.98 Å². The largest absolute Gasteiger partial charge is 0.356 e. The fraction of sp³-hybridized carbons (Fsp3) is 0.765. The van der Waals surface area contributed by atoms with Gasteiger partial charge in [-0.3, -0.25) is 4.99 Å². The molecule has 130 valence electrons. The molecule has 0 spiro atoms. The molecule has 0 saturated carbocycles. The third-order valence-corrected chi connectivity index (χ3v) is 5.44. The van der Waals surface area contributed by atoms with Crippen molar-refractivity contribution >= 4 is 17.3 Å². The highest BCUT2D eigenvalue weighted by atomic mass is 32.1. The molecule has 23 heavy (non-hydrogen) atoms. The summed E-state index contributed by atoms with van der Waals surface area (Å²) in [5.41, 5.74) is 1.18. The first-order chi connectivity index (χ1) is 11.1. The number of hydrogen-bond acceptors (Lipinski definition) is 4. The van der Waals surface area contributed by atoms with Crippen LogP contribution in [-0.4, -0.2) is 54.6 Å². The molecule has 6 heteroatoms. The van der Waals surface area contributed by atoms with Crippen LogP contribution in [0, 0.1) is 0 Å². The minimum Gasteiger partial charge on any atom is -0.356 e. The Kier molecular flexibility index (Phi) is 7.30. The van der Waals surface area contributed by atoms with Crippen LogP contribution in [0.2, 0.25) is 0 Å². The Morgan fingerprint density at radius 3 is 2.74 bits per heavy atom. The summed E-state index contributed by atoms with van der Waals surface area (Å²) in [7, 11) is 1.84. The maximum absolute atomic E-state index is 4.60. The lowest BCUT2D eigenvalue weighted by Crippen LogP contribution is -2.50. The number of aryl methyl sites for hydroxylation is 1. The summed E-state index contributed by atoms with van der Waals surface area (Å²) in [5.74, 6) is 0.916. The van der Waals surface area contributed by atoms with Crippen molar-refractivity contribution in [2.45, 2.75) is 58.5 Å². The topological polar surface area (TPSA) is 52.6 Å². The molecule has 1 aliphatic rings. The molecule has 1 saturated heterocycles. The molecule has 0 bridgehead atoms. The first kappa shape index (κ1) is 18.2. The second kappa shape index (κ2) is 9.23. The zero-order valence-electron chi connectivity index (χ0n) is 14.9. The molecule has 1 aromatic rings. The van der Waals surface area contributed by atoms with E-state index in [0.717, 1.165) is 25.3 Å². The second-order valence-corrected chi connectivity index (χ2v) is 7.33. The number of aliphatic imine (C=N–C) groups is 1. The highest BCUT2D eigenvalue weighted by Gasteiger charge is 2.21. The molecule has 1 aliphatic heterocycles. The zero-order valence-corrected chi connectivity index (χ0v) is 15.7. The molecule has 2 heterocycles. The van der Waals surface area contributed by atoms with Crippen LogP contribution in [0.25, 0.3) is 0 Å². The van der Waals surface area contributed by atoms with Gasteiger partial charge in [-0.2, -0.15) is 0 Å². The van der Waals surface area contributed by atoms with E-state index in [2.05, 4.69) is 51.7 Å². The van der Waals surface area contributed by atoms with Crippen LogP contribution in [0.3, 0.4) is 0 Å². The second-order valence-electron chi connectivity index (χ2n) is 6.38. The van der Waals surface area contributed by atoms with Crippen molar-refractivity contribution in [1.29, 1.82) is 0 Å². The van der Waals surface area contributed by atoms with E-state index < -0.39 is 0 Å². The monoisotopic (exact) mass is 337 g/mol. The van der Waals surface area contributed by atoms with E-state index in [4.69, 9.17) is 0 Å². The van der Waals surface area contributed by atoms with Crippen LogP contribution in [0.1, 0.15) is 44.3 Å². The van der Waals surface area contributed by atoms with Crippen LogP contribution in [0.15, 0.2) is 10.4 Å². The smallest absolute Gasteiger partial charge is 0.191 e. The Morgan fingerprint density at radius 2 is 2.17 bits per heavy atom. The number of aromatic nitrogens is 1. The quantitative estimate of drug-likeness (QED) is 0.618. The Labute approximate surface area is 144 Å². The average Bonchev–Trinajstić information content (AvgIpc) is 3.02.